The second-order valence-electron chi connectivity index (χ2n) is 5.46. The van der Waals surface area contributed by atoms with E-state index in [1.54, 1.807) is 6.08 Å². The highest BCUT2D eigenvalue weighted by atomic mass is 32.1. The Balaban J connectivity index is 1.77. The predicted octanol–water partition coefficient (Wildman–Crippen LogP) is 5.83. The van der Waals surface area contributed by atoms with Gasteiger partial charge in [-0.2, -0.15) is 5.26 Å². The van der Waals surface area contributed by atoms with Crippen LogP contribution in [0.15, 0.2) is 72.1 Å². The zero-order valence-electron chi connectivity index (χ0n) is 14.4. The minimum atomic E-state index is 0.555. The zero-order valence-corrected chi connectivity index (χ0v) is 15.2. The second-order valence-corrected chi connectivity index (χ2v) is 6.32. The maximum atomic E-state index is 9.45. The van der Waals surface area contributed by atoms with E-state index in [2.05, 4.69) is 11.1 Å². The standard InChI is InChI=1S/C22H18N2OS/c1-2-25-20-13-11-18(12-14-20)21-16-26-22(24-21)19(15-23)10-6-9-17-7-4-3-5-8-17/h3-14,16H,2H2,1H3/b9-6+,19-10+. The molecular weight excluding hydrogens is 340 g/mol. The van der Waals surface area contributed by atoms with E-state index in [-0.39, 0.29) is 0 Å². The summed E-state index contributed by atoms with van der Waals surface area (Å²) in [6.07, 6.45) is 5.65. The van der Waals surface area contributed by atoms with Gasteiger partial charge in [-0.25, -0.2) is 4.98 Å². The number of rotatable bonds is 6. The molecule has 4 heteroatoms. The second kappa shape index (κ2) is 8.80. The van der Waals surface area contributed by atoms with Gasteiger partial charge < -0.3 is 4.74 Å². The Labute approximate surface area is 157 Å². The summed E-state index contributed by atoms with van der Waals surface area (Å²) in [4.78, 5) is 4.61. The van der Waals surface area contributed by atoms with Crippen molar-refractivity contribution in [2.45, 2.75) is 6.92 Å². The zero-order chi connectivity index (χ0) is 18.2. The maximum absolute atomic E-state index is 9.45. The summed E-state index contributed by atoms with van der Waals surface area (Å²) in [5, 5.41) is 12.1. The molecule has 0 spiro atoms. The van der Waals surface area contributed by atoms with Crippen molar-refractivity contribution in [3.05, 3.63) is 82.7 Å². The number of hydrogen-bond acceptors (Lipinski definition) is 4. The Bertz CT molecular complexity index is 948. The van der Waals surface area contributed by atoms with Crippen molar-refractivity contribution in [3.8, 4) is 23.1 Å². The molecule has 0 N–H and O–H groups in total. The fraction of sp³-hybridized carbons (Fsp3) is 0.0909. The molecule has 0 amide bonds. The molecule has 128 valence electrons. The molecule has 0 saturated carbocycles. The van der Waals surface area contributed by atoms with Gasteiger partial charge in [-0.15, -0.1) is 11.3 Å². The van der Waals surface area contributed by atoms with Crippen molar-refractivity contribution in [2.75, 3.05) is 6.61 Å². The van der Waals surface area contributed by atoms with Crippen LogP contribution in [0, 0.1) is 11.3 Å². The van der Waals surface area contributed by atoms with Gasteiger partial charge >= 0.3 is 0 Å². The topological polar surface area (TPSA) is 45.9 Å². The third kappa shape index (κ3) is 4.47. The van der Waals surface area contributed by atoms with Crippen LogP contribution in [0.25, 0.3) is 22.9 Å². The molecule has 3 rings (SSSR count). The first-order chi connectivity index (χ1) is 12.8. The summed E-state index contributed by atoms with van der Waals surface area (Å²) in [7, 11) is 0. The molecule has 0 aliphatic carbocycles. The summed E-state index contributed by atoms with van der Waals surface area (Å²) in [5.41, 5.74) is 3.52. The van der Waals surface area contributed by atoms with Gasteiger partial charge in [0, 0.05) is 10.9 Å². The molecule has 3 nitrogen and oxygen atoms in total. The van der Waals surface area contributed by atoms with Gasteiger partial charge in [0.15, 0.2) is 0 Å². The summed E-state index contributed by atoms with van der Waals surface area (Å²) in [5.74, 6) is 0.843. The van der Waals surface area contributed by atoms with E-state index in [4.69, 9.17) is 4.74 Å². The average molecular weight is 358 g/mol. The minimum Gasteiger partial charge on any atom is -0.494 e. The summed E-state index contributed by atoms with van der Waals surface area (Å²) < 4.78 is 5.46. The first kappa shape index (κ1) is 17.7. The quantitative estimate of drug-likeness (QED) is 0.411. The molecule has 3 aromatic rings. The van der Waals surface area contributed by atoms with Crippen LogP contribution in [0.2, 0.25) is 0 Å². The molecule has 2 aromatic carbocycles. The molecule has 1 heterocycles. The Hall–Kier alpha value is -3.16. The fourth-order valence-electron chi connectivity index (χ4n) is 2.39. The Morgan fingerprint density at radius 1 is 1.15 bits per heavy atom. The van der Waals surface area contributed by atoms with E-state index in [1.165, 1.54) is 11.3 Å². The van der Waals surface area contributed by atoms with Gasteiger partial charge in [0.25, 0.3) is 0 Å². The normalized spacial score (nSPS) is 11.5. The highest BCUT2D eigenvalue weighted by Gasteiger charge is 2.08. The monoisotopic (exact) mass is 358 g/mol. The van der Waals surface area contributed by atoms with E-state index in [9.17, 15) is 5.26 Å². The molecule has 26 heavy (non-hydrogen) atoms. The van der Waals surface area contributed by atoms with Crippen LogP contribution in [0.4, 0.5) is 0 Å². The third-order valence-corrected chi connectivity index (χ3v) is 4.54. The number of thiazole rings is 1. The summed E-state index contributed by atoms with van der Waals surface area (Å²) in [6, 6.07) is 20.0. The van der Waals surface area contributed by atoms with E-state index < -0.39 is 0 Å². The van der Waals surface area contributed by atoms with Crippen molar-refractivity contribution in [3.63, 3.8) is 0 Å². The number of hydrogen-bond donors (Lipinski definition) is 0. The molecule has 0 fully saturated rings. The Morgan fingerprint density at radius 2 is 1.92 bits per heavy atom. The first-order valence-corrected chi connectivity index (χ1v) is 9.20. The predicted molar refractivity (Wildman–Crippen MR) is 108 cm³/mol. The molecule has 0 atom stereocenters. The number of ether oxygens (including phenoxy) is 1. The Kier molecular flexibility index (Phi) is 5.97. The SMILES string of the molecule is CCOc1ccc(-c2csc(/C(C#N)=C/C=C/c3ccccc3)n2)cc1. The lowest BCUT2D eigenvalue weighted by Gasteiger charge is -2.03. The van der Waals surface area contributed by atoms with Crippen molar-refractivity contribution < 1.29 is 4.74 Å². The van der Waals surface area contributed by atoms with Crippen LogP contribution in [-0.4, -0.2) is 11.6 Å². The van der Waals surface area contributed by atoms with E-state index in [1.807, 2.05) is 79.1 Å². The molecular formula is C22H18N2OS. The number of nitrogens with zero attached hydrogens (tertiary/aromatic N) is 2. The first-order valence-electron chi connectivity index (χ1n) is 8.33. The van der Waals surface area contributed by atoms with Crippen molar-refractivity contribution >= 4 is 23.0 Å². The molecule has 0 bridgehead atoms. The van der Waals surface area contributed by atoms with E-state index in [0.717, 1.165) is 22.6 Å². The average Bonchev–Trinajstić information content (AvgIpc) is 3.17. The molecule has 0 aliphatic rings. The van der Waals surface area contributed by atoms with Gasteiger partial charge in [-0.3, -0.25) is 0 Å². The molecule has 0 saturated heterocycles. The van der Waals surface area contributed by atoms with Crippen LogP contribution in [0.5, 0.6) is 5.75 Å². The summed E-state index contributed by atoms with van der Waals surface area (Å²) >= 11 is 1.47. The minimum absolute atomic E-state index is 0.555. The van der Waals surface area contributed by atoms with Crippen LogP contribution >= 0.6 is 11.3 Å². The van der Waals surface area contributed by atoms with Gasteiger partial charge in [-0.05, 0) is 42.8 Å². The van der Waals surface area contributed by atoms with Crippen LogP contribution in [0.3, 0.4) is 0 Å². The van der Waals surface area contributed by atoms with Crippen molar-refractivity contribution in [1.82, 2.24) is 4.98 Å². The van der Waals surface area contributed by atoms with E-state index in [0.29, 0.717) is 17.2 Å². The van der Waals surface area contributed by atoms with Gasteiger partial charge in [0.2, 0.25) is 0 Å². The smallest absolute Gasteiger partial charge is 0.134 e. The van der Waals surface area contributed by atoms with Crippen molar-refractivity contribution in [2.24, 2.45) is 0 Å². The highest BCUT2D eigenvalue weighted by molar-refractivity contribution is 7.11. The molecule has 0 aliphatic heterocycles. The molecule has 1 aromatic heterocycles. The van der Waals surface area contributed by atoms with Gasteiger partial charge in [0.05, 0.1) is 17.9 Å². The molecule has 0 radical (unpaired) electrons. The van der Waals surface area contributed by atoms with Gasteiger partial charge in [0.1, 0.15) is 16.8 Å². The lowest BCUT2D eigenvalue weighted by molar-refractivity contribution is 0.340. The maximum Gasteiger partial charge on any atom is 0.134 e. The third-order valence-electron chi connectivity index (χ3n) is 3.67. The lowest BCUT2D eigenvalue weighted by Crippen LogP contribution is -1.90. The number of nitriles is 1. The number of allylic oxidation sites excluding steroid dienone is 3. The van der Waals surface area contributed by atoms with Crippen LogP contribution in [0.1, 0.15) is 17.5 Å². The lowest BCUT2D eigenvalue weighted by atomic mass is 10.1. The van der Waals surface area contributed by atoms with Gasteiger partial charge in [-0.1, -0.05) is 42.5 Å². The van der Waals surface area contributed by atoms with E-state index >= 15 is 0 Å². The largest absolute Gasteiger partial charge is 0.494 e. The highest BCUT2D eigenvalue weighted by Crippen LogP contribution is 2.27. The van der Waals surface area contributed by atoms with Crippen LogP contribution in [-0.2, 0) is 0 Å². The van der Waals surface area contributed by atoms with Crippen molar-refractivity contribution in [1.29, 1.82) is 5.26 Å². The van der Waals surface area contributed by atoms with Crippen LogP contribution < -0.4 is 4.74 Å². The Morgan fingerprint density at radius 3 is 2.62 bits per heavy atom. The number of aromatic nitrogens is 1. The molecule has 0 unspecified atom stereocenters. The number of benzene rings is 2. The fourth-order valence-corrected chi connectivity index (χ4v) is 3.20. The summed E-state index contributed by atoms with van der Waals surface area (Å²) in [6.45, 7) is 2.61.